The summed E-state index contributed by atoms with van der Waals surface area (Å²) in [5, 5.41) is 0.506. The third-order valence-electron chi connectivity index (χ3n) is 5.49. The van der Waals surface area contributed by atoms with E-state index in [4.69, 9.17) is 16.3 Å². The standard InChI is InChI=1S/C23H24ClF3N2O3/c1-28(14-15-32-20-5-3-2-4-19(20)24)21(30)17-10-12-29(13-11-17)22(31)16-6-8-18(9-7-16)23(25,26)27/h2-9,17H,10-15H2,1H3. The van der Waals surface area contributed by atoms with Gasteiger partial charge < -0.3 is 14.5 Å². The van der Waals surface area contributed by atoms with Crippen LogP contribution < -0.4 is 4.74 Å². The van der Waals surface area contributed by atoms with E-state index in [1.807, 2.05) is 6.07 Å². The summed E-state index contributed by atoms with van der Waals surface area (Å²) in [5.41, 5.74) is -0.587. The van der Waals surface area contributed by atoms with Crippen molar-refractivity contribution < 1.29 is 27.5 Å². The van der Waals surface area contributed by atoms with Crippen molar-refractivity contribution in [1.29, 1.82) is 0 Å². The molecule has 0 radical (unpaired) electrons. The molecular weight excluding hydrogens is 445 g/mol. The molecule has 0 aromatic heterocycles. The molecule has 2 aromatic rings. The van der Waals surface area contributed by atoms with Crippen LogP contribution >= 0.6 is 11.6 Å². The molecule has 5 nitrogen and oxygen atoms in total. The van der Waals surface area contributed by atoms with Crippen molar-refractivity contribution in [3.63, 3.8) is 0 Å². The fourth-order valence-corrected chi connectivity index (χ4v) is 3.78. The molecule has 0 bridgehead atoms. The zero-order chi connectivity index (χ0) is 23.3. The van der Waals surface area contributed by atoms with Crippen LogP contribution in [0.5, 0.6) is 5.75 Å². The number of likely N-dealkylation sites (N-methyl/N-ethyl adjacent to an activating group) is 1. The SMILES string of the molecule is CN(CCOc1ccccc1Cl)C(=O)C1CCN(C(=O)c2ccc(C(F)(F)F)cc2)CC1. The summed E-state index contributed by atoms with van der Waals surface area (Å²) < 4.78 is 43.7. The van der Waals surface area contributed by atoms with E-state index < -0.39 is 11.7 Å². The normalized spacial score (nSPS) is 14.8. The molecule has 1 fully saturated rings. The number of alkyl halides is 3. The molecule has 3 rings (SSSR count). The number of nitrogens with zero attached hydrogens (tertiary/aromatic N) is 2. The van der Waals surface area contributed by atoms with Crippen molar-refractivity contribution in [2.24, 2.45) is 5.92 Å². The van der Waals surface area contributed by atoms with Gasteiger partial charge in [0.25, 0.3) is 5.91 Å². The van der Waals surface area contributed by atoms with Gasteiger partial charge in [0, 0.05) is 31.6 Å². The number of carbonyl (C=O) groups excluding carboxylic acids is 2. The van der Waals surface area contributed by atoms with E-state index >= 15 is 0 Å². The van der Waals surface area contributed by atoms with Crippen LogP contribution in [0.25, 0.3) is 0 Å². The van der Waals surface area contributed by atoms with E-state index in [-0.39, 0.29) is 23.3 Å². The van der Waals surface area contributed by atoms with Crippen LogP contribution in [0.4, 0.5) is 13.2 Å². The lowest BCUT2D eigenvalue weighted by Crippen LogP contribution is -2.44. The van der Waals surface area contributed by atoms with Crippen molar-refractivity contribution in [2.75, 3.05) is 33.3 Å². The average Bonchev–Trinajstić information content (AvgIpc) is 2.79. The number of piperidine rings is 1. The highest BCUT2D eigenvalue weighted by molar-refractivity contribution is 6.32. The van der Waals surface area contributed by atoms with Crippen LogP contribution in [0.1, 0.15) is 28.8 Å². The van der Waals surface area contributed by atoms with E-state index in [1.165, 1.54) is 12.1 Å². The molecule has 0 N–H and O–H groups in total. The second kappa shape index (κ2) is 10.3. The van der Waals surface area contributed by atoms with Crippen molar-refractivity contribution in [1.82, 2.24) is 9.80 Å². The molecule has 0 saturated carbocycles. The Hall–Kier alpha value is -2.74. The summed E-state index contributed by atoms with van der Waals surface area (Å²) >= 11 is 6.05. The highest BCUT2D eigenvalue weighted by atomic mass is 35.5. The maximum absolute atomic E-state index is 12.7. The first-order chi connectivity index (χ1) is 15.2. The van der Waals surface area contributed by atoms with Gasteiger partial charge in [-0.1, -0.05) is 23.7 Å². The molecule has 0 unspecified atom stereocenters. The zero-order valence-electron chi connectivity index (χ0n) is 17.6. The fraction of sp³-hybridized carbons (Fsp3) is 0.391. The number of halogens is 4. The number of hydrogen-bond donors (Lipinski definition) is 0. The minimum absolute atomic E-state index is 0.0191. The van der Waals surface area contributed by atoms with Crippen LogP contribution in [0, 0.1) is 5.92 Å². The van der Waals surface area contributed by atoms with Gasteiger partial charge in [0.15, 0.2) is 0 Å². The van der Waals surface area contributed by atoms with Crippen molar-refractivity contribution >= 4 is 23.4 Å². The van der Waals surface area contributed by atoms with Crippen LogP contribution in [0.15, 0.2) is 48.5 Å². The lowest BCUT2D eigenvalue weighted by molar-refractivity contribution is -0.137. The van der Waals surface area contributed by atoms with Crippen LogP contribution in [0.3, 0.4) is 0 Å². The third-order valence-corrected chi connectivity index (χ3v) is 5.80. The molecule has 1 aliphatic rings. The molecule has 0 aliphatic carbocycles. The quantitative estimate of drug-likeness (QED) is 0.615. The van der Waals surface area contributed by atoms with E-state index in [9.17, 15) is 22.8 Å². The second-order valence-electron chi connectivity index (χ2n) is 7.68. The Morgan fingerprint density at radius 2 is 1.72 bits per heavy atom. The van der Waals surface area contributed by atoms with Crippen molar-refractivity contribution in [3.05, 3.63) is 64.7 Å². The molecule has 1 aliphatic heterocycles. The topological polar surface area (TPSA) is 49.9 Å². The first kappa shape index (κ1) is 23.9. The van der Waals surface area contributed by atoms with Crippen LogP contribution in [0.2, 0.25) is 5.02 Å². The summed E-state index contributed by atoms with van der Waals surface area (Å²) in [6, 6.07) is 11.3. The Labute approximate surface area is 189 Å². The Morgan fingerprint density at radius 3 is 2.31 bits per heavy atom. The lowest BCUT2D eigenvalue weighted by atomic mass is 9.95. The molecular formula is C23H24ClF3N2O3. The largest absolute Gasteiger partial charge is 0.490 e. The molecule has 1 saturated heterocycles. The van der Waals surface area contributed by atoms with Gasteiger partial charge in [0.1, 0.15) is 12.4 Å². The number of para-hydroxylation sites is 1. The summed E-state index contributed by atoms with van der Waals surface area (Å²) in [6.45, 7) is 1.45. The molecule has 2 amide bonds. The van der Waals surface area contributed by atoms with E-state index in [2.05, 4.69) is 0 Å². The van der Waals surface area contributed by atoms with Gasteiger partial charge in [-0.05, 0) is 49.2 Å². The smallest absolute Gasteiger partial charge is 0.416 e. The number of rotatable bonds is 6. The zero-order valence-corrected chi connectivity index (χ0v) is 18.3. The fourth-order valence-electron chi connectivity index (χ4n) is 3.59. The number of hydrogen-bond acceptors (Lipinski definition) is 3. The summed E-state index contributed by atoms with van der Waals surface area (Å²) in [7, 11) is 1.71. The molecule has 9 heteroatoms. The second-order valence-corrected chi connectivity index (χ2v) is 8.09. The minimum Gasteiger partial charge on any atom is -0.490 e. The first-order valence-corrected chi connectivity index (χ1v) is 10.6. The Bertz CT molecular complexity index is 942. The first-order valence-electron chi connectivity index (χ1n) is 10.3. The van der Waals surface area contributed by atoms with E-state index in [0.29, 0.717) is 49.9 Å². The maximum Gasteiger partial charge on any atom is 0.416 e. The van der Waals surface area contributed by atoms with Gasteiger partial charge in [-0.15, -0.1) is 0 Å². The minimum atomic E-state index is -4.44. The van der Waals surface area contributed by atoms with Gasteiger partial charge in [-0.25, -0.2) is 0 Å². The Balaban J connectivity index is 1.46. The van der Waals surface area contributed by atoms with Crippen LogP contribution in [-0.2, 0) is 11.0 Å². The van der Waals surface area contributed by atoms with E-state index in [0.717, 1.165) is 12.1 Å². The maximum atomic E-state index is 12.7. The Kier molecular flexibility index (Phi) is 7.66. The van der Waals surface area contributed by atoms with Gasteiger partial charge in [-0.3, -0.25) is 9.59 Å². The number of amides is 2. The van der Waals surface area contributed by atoms with E-state index in [1.54, 1.807) is 35.0 Å². The monoisotopic (exact) mass is 468 g/mol. The van der Waals surface area contributed by atoms with Gasteiger partial charge in [-0.2, -0.15) is 13.2 Å². The summed E-state index contributed by atoms with van der Waals surface area (Å²) in [4.78, 5) is 28.5. The molecule has 2 aromatic carbocycles. The van der Waals surface area contributed by atoms with Crippen molar-refractivity contribution in [3.8, 4) is 5.75 Å². The molecule has 172 valence electrons. The molecule has 0 atom stereocenters. The Morgan fingerprint density at radius 1 is 1.09 bits per heavy atom. The highest BCUT2D eigenvalue weighted by Gasteiger charge is 2.32. The van der Waals surface area contributed by atoms with Crippen LogP contribution in [-0.4, -0.2) is 54.9 Å². The third kappa shape index (κ3) is 5.94. The summed E-state index contributed by atoms with van der Waals surface area (Å²) in [6.07, 6.45) is -3.44. The number of likely N-dealkylation sites (tertiary alicyclic amines) is 1. The highest BCUT2D eigenvalue weighted by Crippen LogP contribution is 2.29. The van der Waals surface area contributed by atoms with Gasteiger partial charge in [0.05, 0.1) is 17.1 Å². The van der Waals surface area contributed by atoms with Crippen molar-refractivity contribution in [2.45, 2.75) is 19.0 Å². The predicted molar refractivity (Wildman–Crippen MR) is 115 cm³/mol. The van der Waals surface area contributed by atoms with Gasteiger partial charge >= 0.3 is 6.18 Å². The average molecular weight is 469 g/mol. The molecule has 1 heterocycles. The lowest BCUT2D eigenvalue weighted by Gasteiger charge is -2.33. The molecule has 32 heavy (non-hydrogen) atoms. The number of carbonyl (C=O) groups is 2. The summed E-state index contributed by atoms with van der Waals surface area (Å²) in [5.74, 6) is 0.00239. The molecule has 0 spiro atoms. The predicted octanol–water partition coefficient (Wildman–Crippen LogP) is 4.75. The number of benzene rings is 2. The number of ether oxygens (including phenoxy) is 1. The van der Waals surface area contributed by atoms with Gasteiger partial charge in [0.2, 0.25) is 5.91 Å².